The highest BCUT2D eigenvalue weighted by Crippen LogP contribution is 2.18. The van der Waals surface area contributed by atoms with Gasteiger partial charge < -0.3 is 20.1 Å². The second-order valence-corrected chi connectivity index (χ2v) is 7.97. The maximum Gasteiger partial charge on any atom is 0.261 e. The summed E-state index contributed by atoms with van der Waals surface area (Å²) in [6.07, 6.45) is 1.08. The maximum absolute atomic E-state index is 12.7. The molecule has 0 saturated heterocycles. The van der Waals surface area contributed by atoms with Gasteiger partial charge in [0.15, 0.2) is 5.11 Å². The normalized spacial score (nSPS) is 10.3. The van der Waals surface area contributed by atoms with Crippen LogP contribution < -0.4 is 20.7 Å². The monoisotopic (exact) mass is 491 g/mol. The summed E-state index contributed by atoms with van der Waals surface area (Å²) in [5.74, 6) is 0.0242. The molecule has 182 valence electrons. The average Bonchev–Trinajstić information content (AvgIpc) is 2.87. The van der Waals surface area contributed by atoms with Gasteiger partial charge in [-0.3, -0.25) is 14.9 Å². The molecule has 0 spiro atoms. The van der Waals surface area contributed by atoms with E-state index in [1.54, 1.807) is 48.5 Å². The molecule has 3 rings (SSSR count). The first-order chi connectivity index (χ1) is 17.0. The first-order valence-corrected chi connectivity index (χ1v) is 11.8. The van der Waals surface area contributed by atoms with Crippen molar-refractivity contribution >= 4 is 40.5 Å². The minimum absolute atomic E-state index is 0.0560. The number of amides is 2. The summed E-state index contributed by atoms with van der Waals surface area (Å²) in [6.45, 7) is 3.30. The molecule has 0 aliphatic rings. The lowest BCUT2D eigenvalue weighted by atomic mass is 10.1. The fraction of sp³-hybridized carbons (Fsp3) is 0.222. The summed E-state index contributed by atoms with van der Waals surface area (Å²) in [5, 5.41) is 8.68. The van der Waals surface area contributed by atoms with Crippen LogP contribution in [0.4, 0.5) is 11.4 Å². The van der Waals surface area contributed by atoms with E-state index in [4.69, 9.17) is 21.7 Å². The van der Waals surface area contributed by atoms with E-state index < -0.39 is 0 Å². The van der Waals surface area contributed by atoms with Crippen molar-refractivity contribution in [2.75, 3.05) is 30.5 Å². The van der Waals surface area contributed by atoms with Gasteiger partial charge in [0.05, 0.1) is 12.2 Å². The Morgan fingerprint density at radius 2 is 1.49 bits per heavy atom. The topological polar surface area (TPSA) is 88.7 Å². The Labute approximate surface area is 210 Å². The van der Waals surface area contributed by atoms with Crippen LogP contribution in [0.2, 0.25) is 0 Å². The number of hydrogen-bond donors (Lipinski definition) is 3. The van der Waals surface area contributed by atoms with Crippen LogP contribution in [0, 0.1) is 0 Å². The van der Waals surface area contributed by atoms with Crippen LogP contribution in [0.15, 0.2) is 78.9 Å². The maximum atomic E-state index is 12.7. The lowest BCUT2D eigenvalue weighted by molar-refractivity contribution is -0.116. The number of benzene rings is 3. The van der Waals surface area contributed by atoms with Crippen molar-refractivity contribution in [2.24, 2.45) is 0 Å². The lowest BCUT2D eigenvalue weighted by Crippen LogP contribution is -2.34. The van der Waals surface area contributed by atoms with Gasteiger partial charge in [0.1, 0.15) is 12.4 Å². The van der Waals surface area contributed by atoms with Crippen LogP contribution in [0.1, 0.15) is 29.3 Å². The fourth-order valence-electron chi connectivity index (χ4n) is 3.23. The molecule has 0 saturated carbocycles. The number of ether oxygens (including phenoxy) is 2. The molecular weight excluding hydrogens is 462 g/mol. The zero-order valence-electron chi connectivity index (χ0n) is 19.6. The van der Waals surface area contributed by atoms with Crippen molar-refractivity contribution in [3.05, 3.63) is 90.0 Å². The van der Waals surface area contributed by atoms with E-state index in [1.165, 1.54) is 0 Å². The molecule has 3 N–H and O–H groups in total. The molecule has 0 aliphatic heterocycles. The van der Waals surface area contributed by atoms with Crippen LogP contribution in [-0.4, -0.2) is 36.7 Å². The lowest BCUT2D eigenvalue weighted by Gasteiger charge is -2.13. The molecule has 0 aliphatic carbocycles. The van der Waals surface area contributed by atoms with E-state index in [1.807, 2.05) is 37.3 Å². The number of carbonyl (C=O) groups excluding carboxylic acids is 2. The van der Waals surface area contributed by atoms with Gasteiger partial charge in [-0.05, 0) is 67.5 Å². The Bertz CT molecular complexity index is 1120. The number of anilines is 2. The summed E-state index contributed by atoms with van der Waals surface area (Å²) in [5.41, 5.74) is 2.86. The minimum atomic E-state index is -0.378. The number of carbonyl (C=O) groups is 2. The Kier molecular flexibility index (Phi) is 10.2. The van der Waals surface area contributed by atoms with E-state index in [0.717, 1.165) is 5.56 Å². The van der Waals surface area contributed by atoms with Crippen molar-refractivity contribution in [3.8, 4) is 5.75 Å². The van der Waals surface area contributed by atoms with Crippen molar-refractivity contribution in [2.45, 2.75) is 19.8 Å². The summed E-state index contributed by atoms with van der Waals surface area (Å²) in [7, 11) is 0. The predicted octanol–water partition coefficient (Wildman–Crippen LogP) is 4.80. The Morgan fingerprint density at radius 1 is 0.829 bits per heavy atom. The molecule has 0 aromatic heterocycles. The van der Waals surface area contributed by atoms with Crippen LogP contribution in [0.3, 0.4) is 0 Å². The van der Waals surface area contributed by atoms with Gasteiger partial charge in [-0.1, -0.05) is 42.5 Å². The number of rotatable bonds is 11. The standard InChI is InChI=1S/C27H29N3O4S/c1-2-33-18-19-34-24-11-7-6-10-23(24)26(32)30-27(35)29-22-15-13-21(14-16-22)28-25(31)17-12-20-8-4-3-5-9-20/h3-11,13-16H,2,12,17-19H2,1H3,(H,28,31)(H2,29,30,32,35). The minimum Gasteiger partial charge on any atom is -0.490 e. The summed E-state index contributed by atoms with van der Waals surface area (Å²) in [6, 6.07) is 23.9. The zero-order valence-corrected chi connectivity index (χ0v) is 20.4. The highest BCUT2D eigenvalue weighted by atomic mass is 32.1. The van der Waals surface area contributed by atoms with Crippen LogP contribution >= 0.6 is 12.2 Å². The van der Waals surface area contributed by atoms with Gasteiger partial charge in [-0.15, -0.1) is 0 Å². The average molecular weight is 492 g/mol. The molecule has 35 heavy (non-hydrogen) atoms. The molecule has 0 bridgehead atoms. The van der Waals surface area contributed by atoms with Gasteiger partial charge in [-0.2, -0.15) is 0 Å². The third-order valence-electron chi connectivity index (χ3n) is 4.96. The quantitative estimate of drug-likeness (QED) is 0.264. The van der Waals surface area contributed by atoms with Gasteiger partial charge in [0.25, 0.3) is 5.91 Å². The number of nitrogens with one attached hydrogen (secondary N) is 3. The van der Waals surface area contributed by atoms with Crippen molar-refractivity contribution in [3.63, 3.8) is 0 Å². The molecule has 0 fully saturated rings. The first kappa shape index (κ1) is 25.9. The van der Waals surface area contributed by atoms with Crippen molar-refractivity contribution in [1.29, 1.82) is 0 Å². The van der Waals surface area contributed by atoms with E-state index >= 15 is 0 Å². The van der Waals surface area contributed by atoms with E-state index in [0.29, 0.717) is 55.4 Å². The molecule has 0 atom stereocenters. The summed E-state index contributed by atoms with van der Waals surface area (Å²) in [4.78, 5) is 24.9. The fourth-order valence-corrected chi connectivity index (χ4v) is 3.44. The predicted molar refractivity (Wildman–Crippen MR) is 142 cm³/mol. The zero-order chi connectivity index (χ0) is 24.9. The molecule has 3 aromatic carbocycles. The third kappa shape index (κ3) is 8.84. The van der Waals surface area contributed by atoms with Crippen molar-refractivity contribution in [1.82, 2.24) is 5.32 Å². The molecule has 7 nitrogen and oxygen atoms in total. The first-order valence-electron chi connectivity index (χ1n) is 11.4. The molecule has 0 heterocycles. The van der Waals surface area contributed by atoms with Crippen LogP contribution in [0.5, 0.6) is 5.75 Å². The second-order valence-electron chi connectivity index (χ2n) is 7.56. The van der Waals surface area contributed by atoms with Gasteiger partial charge in [0, 0.05) is 24.4 Å². The number of aryl methyl sites for hydroxylation is 1. The number of hydrogen-bond acceptors (Lipinski definition) is 5. The summed E-state index contributed by atoms with van der Waals surface area (Å²) < 4.78 is 10.9. The van der Waals surface area contributed by atoms with Crippen LogP contribution in [-0.2, 0) is 16.0 Å². The Morgan fingerprint density at radius 3 is 2.20 bits per heavy atom. The van der Waals surface area contributed by atoms with E-state index in [-0.39, 0.29) is 16.9 Å². The molecular formula is C27H29N3O4S. The molecule has 0 radical (unpaired) electrons. The Hall–Kier alpha value is -3.75. The molecule has 3 aromatic rings. The number of thiocarbonyl (C=S) groups is 1. The second kappa shape index (κ2) is 13.8. The van der Waals surface area contributed by atoms with Crippen molar-refractivity contribution < 1.29 is 19.1 Å². The van der Waals surface area contributed by atoms with Gasteiger partial charge >= 0.3 is 0 Å². The van der Waals surface area contributed by atoms with Gasteiger partial charge in [-0.25, -0.2) is 0 Å². The van der Waals surface area contributed by atoms with Crippen LogP contribution in [0.25, 0.3) is 0 Å². The SMILES string of the molecule is CCOCCOc1ccccc1C(=O)NC(=S)Nc1ccc(NC(=O)CCc2ccccc2)cc1. The molecule has 8 heteroatoms. The molecule has 2 amide bonds. The third-order valence-corrected chi connectivity index (χ3v) is 5.16. The Balaban J connectivity index is 1.47. The van der Waals surface area contributed by atoms with E-state index in [9.17, 15) is 9.59 Å². The van der Waals surface area contributed by atoms with Gasteiger partial charge in [0.2, 0.25) is 5.91 Å². The van der Waals surface area contributed by atoms with E-state index in [2.05, 4.69) is 16.0 Å². The largest absolute Gasteiger partial charge is 0.490 e. The summed E-state index contributed by atoms with van der Waals surface area (Å²) >= 11 is 5.29. The highest BCUT2D eigenvalue weighted by Gasteiger charge is 2.14. The smallest absolute Gasteiger partial charge is 0.261 e. The number of para-hydroxylation sites is 1. The molecule has 0 unspecified atom stereocenters. The highest BCUT2D eigenvalue weighted by molar-refractivity contribution is 7.80.